The number of ether oxygens (including phenoxy) is 1. The summed E-state index contributed by atoms with van der Waals surface area (Å²) in [4.78, 5) is 15.8. The van der Waals surface area contributed by atoms with Gasteiger partial charge in [0, 0.05) is 29.9 Å². The maximum absolute atomic E-state index is 12.6. The molecule has 1 saturated heterocycles. The number of benzene rings is 2. The Morgan fingerprint density at radius 1 is 1.18 bits per heavy atom. The van der Waals surface area contributed by atoms with Crippen LogP contribution in [0.3, 0.4) is 0 Å². The van der Waals surface area contributed by atoms with Crippen molar-refractivity contribution in [3.8, 4) is 11.1 Å². The zero-order valence-corrected chi connectivity index (χ0v) is 23.1. The lowest BCUT2D eigenvalue weighted by Gasteiger charge is -2.33. The Balaban J connectivity index is 1.21. The van der Waals surface area contributed by atoms with Gasteiger partial charge in [-0.3, -0.25) is 4.79 Å². The van der Waals surface area contributed by atoms with Crippen LogP contribution in [0.4, 0.5) is 5.69 Å². The number of carbonyl (C=O) groups excluding carboxylic acids is 1. The van der Waals surface area contributed by atoms with Crippen LogP contribution in [0.5, 0.6) is 0 Å². The van der Waals surface area contributed by atoms with Gasteiger partial charge < -0.3 is 20.3 Å². The van der Waals surface area contributed by atoms with E-state index >= 15 is 0 Å². The van der Waals surface area contributed by atoms with Gasteiger partial charge in [-0.1, -0.05) is 36.4 Å². The van der Waals surface area contributed by atoms with Crippen LogP contribution >= 0.6 is 11.3 Å². The molecule has 2 aliphatic heterocycles. The van der Waals surface area contributed by atoms with Gasteiger partial charge in [0.1, 0.15) is 0 Å². The monoisotopic (exact) mass is 539 g/mol. The molecule has 1 atom stereocenters. The molecule has 6 rings (SSSR count). The second kappa shape index (κ2) is 11.3. The van der Waals surface area contributed by atoms with Gasteiger partial charge in [-0.2, -0.15) is 10.2 Å². The van der Waals surface area contributed by atoms with Crippen molar-refractivity contribution in [3.63, 3.8) is 0 Å². The Kier molecular flexibility index (Phi) is 7.41. The van der Waals surface area contributed by atoms with E-state index in [1.807, 2.05) is 24.2 Å². The number of nitrogens with zero attached hydrogens (tertiary/aromatic N) is 3. The normalized spacial score (nSPS) is 16.6. The molecule has 0 saturated carbocycles. The van der Waals surface area contributed by atoms with Gasteiger partial charge in [0.25, 0.3) is 0 Å². The van der Waals surface area contributed by atoms with E-state index in [1.54, 1.807) is 11.3 Å². The topological polar surface area (TPSA) is 79.4 Å². The fourth-order valence-corrected chi connectivity index (χ4v) is 6.23. The highest BCUT2D eigenvalue weighted by Crippen LogP contribution is 2.35. The first-order chi connectivity index (χ1) is 19.1. The number of fused-ring (bicyclic) bond motifs is 1. The van der Waals surface area contributed by atoms with E-state index in [0.29, 0.717) is 19.8 Å². The largest absolute Gasteiger partial charge is 0.380 e. The van der Waals surface area contributed by atoms with Gasteiger partial charge in [0.05, 0.1) is 42.6 Å². The molecule has 2 aromatic carbocycles. The predicted molar refractivity (Wildman–Crippen MR) is 158 cm³/mol. The molecule has 0 bridgehead atoms. The molecular formula is C31H33N5O2S. The van der Waals surface area contributed by atoms with Crippen molar-refractivity contribution in [2.75, 3.05) is 38.7 Å². The van der Waals surface area contributed by atoms with Gasteiger partial charge in [0.2, 0.25) is 5.91 Å². The van der Waals surface area contributed by atoms with E-state index in [0.717, 1.165) is 36.1 Å². The Hall–Kier alpha value is -3.59. The number of aromatic nitrogens is 2. The number of carbonyl (C=O) groups is 1. The van der Waals surface area contributed by atoms with E-state index in [-0.39, 0.29) is 17.9 Å². The summed E-state index contributed by atoms with van der Waals surface area (Å²) in [7, 11) is 1.98. The standard InChI is InChI=1S/C31H33N5O2S/c1-20(30-14-24(19-39-30)26-6-4-3-5-23(26)15-32-2)34-29-16-33-35-28-8-7-22(13-27(28)29)21-9-11-36(12-10-21)31(37)25-17-38-18-25/h3-9,13-14,16,19-20,25,32H,10-12,15,17-18H2,1-2H3,(H,34,35)/t20-/m1/s1. The fourth-order valence-electron chi connectivity index (χ4n) is 5.31. The van der Waals surface area contributed by atoms with E-state index in [9.17, 15) is 4.79 Å². The summed E-state index contributed by atoms with van der Waals surface area (Å²) in [6.45, 7) is 5.54. The Morgan fingerprint density at radius 3 is 2.82 bits per heavy atom. The van der Waals surface area contributed by atoms with Gasteiger partial charge >= 0.3 is 0 Å². The minimum absolute atomic E-state index is 0.0392. The molecule has 1 amide bonds. The van der Waals surface area contributed by atoms with Gasteiger partial charge in [-0.05, 0) is 71.8 Å². The van der Waals surface area contributed by atoms with Crippen molar-refractivity contribution in [2.24, 2.45) is 5.92 Å². The maximum atomic E-state index is 12.6. The third-order valence-corrected chi connectivity index (χ3v) is 8.75. The number of hydrogen-bond donors (Lipinski definition) is 2. The quantitative estimate of drug-likeness (QED) is 0.307. The van der Waals surface area contributed by atoms with Crippen LogP contribution in [0.1, 0.15) is 35.4 Å². The summed E-state index contributed by atoms with van der Waals surface area (Å²) in [5.74, 6) is 0.255. The summed E-state index contributed by atoms with van der Waals surface area (Å²) in [6, 6.07) is 17.3. The van der Waals surface area contributed by atoms with Gasteiger partial charge in [-0.25, -0.2) is 0 Å². The molecule has 0 spiro atoms. The van der Waals surface area contributed by atoms with Crippen molar-refractivity contribution in [1.29, 1.82) is 0 Å². The minimum atomic E-state index is 0.0392. The molecule has 0 radical (unpaired) electrons. The molecule has 0 unspecified atom stereocenters. The molecule has 4 aromatic rings. The lowest BCUT2D eigenvalue weighted by atomic mass is 9.96. The smallest absolute Gasteiger partial charge is 0.230 e. The van der Waals surface area contributed by atoms with Crippen LogP contribution in [-0.4, -0.2) is 54.4 Å². The number of nitrogens with one attached hydrogen (secondary N) is 2. The molecule has 8 heteroatoms. The molecule has 200 valence electrons. The van der Waals surface area contributed by atoms with E-state index in [2.05, 4.69) is 81.7 Å². The van der Waals surface area contributed by atoms with Crippen LogP contribution in [0, 0.1) is 5.92 Å². The molecule has 2 N–H and O–H groups in total. The fraction of sp³-hybridized carbons (Fsp3) is 0.323. The predicted octanol–water partition coefficient (Wildman–Crippen LogP) is 5.51. The van der Waals surface area contributed by atoms with Crippen LogP contribution in [0.25, 0.3) is 27.6 Å². The first-order valence-corrected chi connectivity index (χ1v) is 14.4. The number of thiophene rings is 1. The highest BCUT2D eigenvalue weighted by atomic mass is 32.1. The second-order valence-corrected chi connectivity index (χ2v) is 11.2. The van der Waals surface area contributed by atoms with Gasteiger partial charge in [-0.15, -0.1) is 11.3 Å². The van der Waals surface area contributed by atoms with Crippen molar-refractivity contribution in [3.05, 3.63) is 82.2 Å². The molecule has 7 nitrogen and oxygen atoms in total. The lowest BCUT2D eigenvalue weighted by molar-refractivity contribution is -0.149. The number of anilines is 1. The number of rotatable bonds is 8. The Bertz CT molecular complexity index is 1530. The molecule has 1 fully saturated rings. The van der Waals surface area contributed by atoms with Crippen LogP contribution in [0.2, 0.25) is 0 Å². The van der Waals surface area contributed by atoms with Crippen molar-refractivity contribution >= 4 is 39.4 Å². The average Bonchev–Trinajstić information content (AvgIpc) is 3.43. The van der Waals surface area contributed by atoms with Crippen LogP contribution in [-0.2, 0) is 16.1 Å². The van der Waals surface area contributed by atoms with E-state index < -0.39 is 0 Å². The second-order valence-electron chi connectivity index (χ2n) is 10.3. The SMILES string of the molecule is CNCc1ccccc1-c1csc([C@@H](C)Nc2cnnc3ccc(C4=CCN(C(=O)C5COC5)CC4)cc23)c1. The molecular weight excluding hydrogens is 506 g/mol. The summed E-state index contributed by atoms with van der Waals surface area (Å²) < 4.78 is 5.20. The third kappa shape index (κ3) is 5.32. The Labute approximate surface area is 232 Å². The van der Waals surface area contributed by atoms with Crippen molar-refractivity contribution in [2.45, 2.75) is 25.9 Å². The zero-order chi connectivity index (χ0) is 26.8. The zero-order valence-electron chi connectivity index (χ0n) is 22.3. The number of amides is 1. The van der Waals surface area contributed by atoms with E-state index in [4.69, 9.17) is 4.74 Å². The number of hydrogen-bond acceptors (Lipinski definition) is 7. The minimum Gasteiger partial charge on any atom is -0.380 e. The molecule has 39 heavy (non-hydrogen) atoms. The summed E-state index contributed by atoms with van der Waals surface area (Å²) in [5.41, 5.74) is 8.08. The molecule has 2 aromatic heterocycles. The summed E-state index contributed by atoms with van der Waals surface area (Å²) in [6.07, 6.45) is 4.84. The van der Waals surface area contributed by atoms with Gasteiger partial charge in [0.15, 0.2) is 0 Å². The third-order valence-electron chi connectivity index (χ3n) is 7.63. The van der Waals surface area contributed by atoms with Crippen molar-refractivity contribution < 1.29 is 9.53 Å². The first-order valence-electron chi connectivity index (χ1n) is 13.5. The first kappa shape index (κ1) is 25.7. The van der Waals surface area contributed by atoms with Crippen LogP contribution in [0.15, 0.2) is 66.2 Å². The van der Waals surface area contributed by atoms with E-state index in [1.165, 1.54) is 32.7 Å². The van der Waals surface area contributed by atoms with Crippen molar-refractivity contribution in [1.82, 2.24) is 20.4 Å². The summed E-state index contributed by atoms with van der Waals surface area (Å²) in [5, 5.41) is 18.9. The molecule has 0 aliphatic carbocycles. The maximum Gasteiger partial charge on any atom is 0.230 e. The highest BCUT2D eigenvalue weighted by Gasteiger charge is 2.31. The highest BCUT2D eigenvalue weighted by molar-refractivity contribution is 7.10. The molecule has 2 aliphatic rings. The molecule has 4 heterocycles. The summed E-state index contributed by atoms with van der Waals surface area (Å²) >= 11 is 1.77. The average molecular weight is 540 g/mol. The Morgan fingerprint density at radius 2 is 2.05 bits per heavy atom. The van der Waals surface area contributed by atoms with Crippen LogP contribution < -0.4 is 10.6 Å². The lowest BCUT2D eigenvalue weighted by Crippen LogP contribution is -2.46.